The predicted molar refractivity (Wildman–Crippen MR) is 56.5 cm³/mol. The van der Waals surface area contributed by atoms with Crippen LogP contribution in [-0.2, 0) is 11.2 Å². The fraction of sp³-hybridized carbons (Fsp3) is 0.250. The molecule has 0 saturated heterocycles. The molecule has 0 atom stereocenters. The molecule has 0 saturated carbocycles. The lowest BCUT2D eigenvalue weighted by Gasteiger charge is -2.01. The highest BCUT2D eigenvalue weighted by Gasteiger charge is 1.98. The maximum absolute atomic E-state index is 11.0. The first kappa shape index (κ1) is 10.5. The Morgan fingerprint density at radius 1 is 1.43 bits per heavy atom. The average molecular weight is 190 g/mol. The standard InChI is InChI=1S/C12H14O2/c1-3-11(13)7-4-10-5-8-12(14-2)9-6-10/h3,5-6,8-9H,1,4,7H2,2H3. The van der Waals surface area contributed by atoms with Gasteiger partial charge in [-0.1, -0.05) is 18.7 Å². The summed E-state index contributed by atoms with van der Waals surface area (Å²) in [4.78, 5) is 11.0. The summed E-state index contributed by atoms with van der Waals surface area (Å²) in [6.07, 6.45) is 2.65. The molecule has 0 N–H and O–H groups in total. The molecule has 0 aromatic heterocycles. The molecule has 0 heterocycles. The molecule has 0 unspecified atom stereocenters. The van der Waals surface area contributed by atoms with E-state index in [-0.39, 0.29) is 5.78 Å². The van der Waals surface area contributed by atoms with E-state index in [1.807, 2.05) is 24.3 Å². The molecule has 0 amide bonds. The van der Waals surface area contributed by atoms with Crippen molar-refractivity contribution in [2.45, 2.75) is 12.8 Å². The van der Waals surface area contributed by atoms with E-state index in [9.17, 15) is 4.79 Å². The monoisotopic (exact) mass is 190 g/mol. The molecule has 0 aliphatic rings. The fourth-order valence-electron chi connectivity index (χ4n) is 1.16. The van der Waals surface area contributed by atoms with Crippen LogP contribution in [0.25, 0.3) is 0 Å². The van der Waals surface area contributed by atoms with Crippen LogP contribution in [0.2, 0.25) is 0 Å². The summed E-state index contributed by atoms with van der Waals surface area (Å²) in [6, 6.07) is 7.73. The van der Waals surface area contributed by atoms with Crippen LogP contribution < -0.4 is 4.74 Å². The van der Waals surface area contributed by atoms with Crippen LogP contribution in [0.5, 0.6) is 5.75 Å². The Balaban J connectivity index is 2.51. The quantitative estimate of drug-likeness (QED) is 0.666. The van der Waals surface area contributed by atoms with E-state index in [1.54, 1.807) is 7.11 Å². The van der Waals surface area contributed by atoms with Crippen LogP contribution in [0.3, 0.4) is 0 Å². The van der Waals surface area contributed by atoms with Crippen LogP contribution in [0.4, 0.5) is 0 Å². The summed E-state index contributed by atoms with van der Waals surface area (Å²) in [7, 11) is 1.64. The van der Waals surface area contributed by atoms with Gasteiger partial charge in [0.25, 0.3) is 0 Å². The van der Waals surface area contributed by atoms with E-state index in [2.05, 4.69) is 6.58 Å². The van der Waals surface area contributed by atoms with Crippen LogP contribution >= 0.6 is 0 Å². The minimum atomic E-state index is 0.0841. The summed E-state index contributed by atoms with van der Waals surface area (Å²) >= 11 is 0. The van der Waals surface area contributed by atoms with Crippen molar-refractivity contribution in [1.82, 2.24) is 0 Å². The van der Waals surface area contributed by atoms with Gasteiger partial charge in [0.15, 0.2) is 5.78 Å². The van der Waals surface area contributed by atoms with Crippen molar-refractivity contribution in [2.75, 3.05) is 7.11 Å². The van der Waals surface area contributed by atoms with E-state index in [1.165, 1.54) is 6.08 Å². The number of hydrogen-bond donors (Lipinski definition) is 0. The number of ketones is 1. The zero-order valence-corrected chi connectivity index (χ0v) is 8.32. The maximum Gasteiger partial charge on any atom is 0.155 e. The third kappa shape index (κ3) is 3.05. The van der Waals surface area contributed by atoms with Gasteiger partial charge in [0, 0.05) is 6.42 Å². The number of benzene rings is 1. The van der Waals surface area contributed by atoms with E-state index in [0.29, 0.717) is 6.42 Å². The number of methoxy groups -OCH3 is 1. The molecule has 0 aliphatic heterocycles. The molecule has 74 valence electrons. The van der Waals surface area contributed by atoms with Crippen LogP contribution in [0.1, 0.15) is 12.0 Å². The number of hydrogen-bond acceptors (Lipinski definition) is 2. The van der Waals surface area contributed by atoms with Crippen molar-refractivity contribution in [2.24, 2.45) is 0 Å². The van der Waals surface area contributed by atoms with Gasteiger partial charge < -0.3 is 4.74 Å². The highest BCUT2D eigenvalue weighted by Crippen LogP contribution is 2.12. The SMILES string of the molecule is C=CC(=O)CCc1ccc(OC)cc1. The van der Waals surface area contributed by atoms with Gasteiger partial charge in [-0.15, -0.1) is 0 Å². The second kappa shape index (κ2) is 5.22. The highest BCUT2D eigenvalue weighted by atomic mass is 16.5. The number of ether oxygens (including phenoxy) is 1. The topological polar surface area (TPSA) is 26.3 Å². The second-order valence-electron chi connectivity index (χ2n) is 3.02. The van der Waals surface area contributed by atoms with Gasteiger partial charge >= 0.3 is 0 Å². The average Bonchev–Trinajstić information content (AvgIpc) is 2.26. The zero-order valence-electron chi connectivity index (χ0n) is 8.32. The first-order chi connectivity index (χ1) is 6.76. The first-order valence-electron chi connectivity index (χ1n) is 4.54. The number of allylic oxidation sites excluding steroid dienone is 1. The summed E-state index contributed by atoms with van der Waals surface area (Å²) in [5, 5.41) is 0. The van der Waals surface area contributed by atoms with Crippen molar-refractivity contribution in [3.05, 3.63) is 42.5 Å². The van der Waals surface area contributed by atoms with Crippen molar-refractivity contribution in [3.8, 4) is 5.75 Å². The van der Waals surface area contributed by atoms with Crippen LogP contribution in [-0.4, -0.2) is 12.9 Å². The van der Waals surface area contributed by atoms with Gasteiger partial charge in [0.2, 0.25) is 0 Å². The summed E-state index contributed by atoms with van der Waals surface area (Å²) in [6.45, 7) is 3.43. The Labute approximate surface area is 84.2 Å². The molecule has 2 heteroatoms. The minimum Gasteiger partial charge on any atom is -0.497 e. The van der Waals surface area contributed by atoms with Crippen molar-refractivity contribution in [3.63, 3.8) is 0 Å². The molecule has 14 heavy (non-hydrogen) atoms. The normalized spacial score (nSPS) is 9.50. The lowest BCUT2D eigenvalue weighted by molar-refractivity contribution is -0.114. The van der Waals surface area contributed by atoms with Gasteiger partial charge in [0.1, 0.15) is 5.75 Å². The van der Waals surface area contributed by atoms with E-state index >= 15 is 0 Å². The van der Waals surface area contributed by atoms with Crippen molar-refractivity contribution in [1.29, 1.82) is 0 Å². The molecule has 0 bridgehead atoms. The van der Waals surface area contributed by atoms with Crippen molar-refractivity contribution < 1.29 is 9.53 Å². The molecule has 1 aromatic carbocycles. The first-order valence-corrected chi connectivity index (χ1v) is 4.54. The number of carbonyl (C=O) groups is 1. The Morgan fingerprint density at radius 2 is 2.07 bits per heavy atom. The highest BCUT2D eigenvalue weighted by molar-refractivity contribution is 5.89. The summed E-state index contributed by atoms with van der Waals surface area (Å²) in [5.74, 6) is 0.921. The predicted octanol–water partition coefficient (Wildman–Crippen LogP) is 2.38. The molecule has 1 aromatic rings. The number of rotatable bonds is 5. The molecule has 0 fully saturated rings. The smallest absolute Gasteiger partial charge is 0.155 e. The van der Waals surface area contributed by atoms with Crippen molar-refractivity contribution >= 4 is 5.78 Å². The fourth-order valence-corrected chi connectivity index (χ4v) is 1.16. The van der Waals surface area contributed by atoms with E-state index < -0.39 is 0 Å². The van der Waals surface area contributed by atoms with E-state index in [0.717, 1.165) is 17.7 Å². The molecular weight excluding hydrogens is 176 g/mol. The second-order valence-corrected chi connectivity index (χ2v) is 3.02. The lowest BCUT2D eigenvalue weighted by atomic mass is 10.1. The Bertz CT molecular complexity index is 312. The van der Waals surface area contributed by atoms with Crippen LogP contribution in [0.15, 0.2) is 36.9 Å². The number of carbonyl (C=O) groups excluding carboxylic acids is 1. The Hall–Kier alpha value is -1.57. The largest absolute Gasteiger partial charge is 0.497 e. The Kier molecular flexibility index (Phi) is 3.92. The van der Waals surface area contributed by atoms with Gasteiger partial charge in [-0.2, -0.15) is 0 Å². The number of aryl methyl sites for hydroxylation is 1. The molecule has 0 aliphatic carbocycles. The molecular formula is C12H14O2. The van der Waals surface area contributed by atoms with E-state index in [4.69, 9.17) is 4.74 Å². The molecule has 0 radical (unpaired) electrons. The van der Waals surface area contributed by atoms with Crippen LogP contribution in [0, 0.1) is 0 Å². The summed E-state index contributed by atoms with van der Waals surface area (Å²) < 4.78 is 5.03. The molecule has 2 nitrogen and oxygen atoms in total. The molecule has 0 spiro atoms. The lowest BCUT2D eigenvalue weighted by Crippen LogP contribution is -1.95. The Morgan fingerprint density at radius 3 is 2.57 bits per heavy atom. The van der Waals surface area contributed by atoms with Gasteiger partial charge in [-0.3, -0.25) is 4.79 Å². The maximum atomic E-state index is 11.0. The van der Waals surface area contributed by atoms with Gasteiger partial charge in [0.05, 0.1) is 7.11 Å². The van der Waals surface area contributed by atoms with Gasteiger partial charge in [-0.25, -0.2) is 0 Å². The molecule has 1 rings (SSSR count). The minimum absolute atomic E-state index is 0.0841. The third-order valence-corrected chi connectivity index (χ3v) is 2.05. The summed E-state index contributed by atoms with van der Waals surface area (Å²) in [5.41, 5.74) is 1.14. The zero-order chi connectivity index (χ0) is 10.4. The third-order valence-electron chi connectivity index (χ3n) is 2.05. The van der Waals surface area contributed by atoms with Gasteiger partial charge in [-0.05, 0) is 30.2 Å².